The number of hydrogen-bond donors (Lipinski definition) is 2. The maximum Gasteiger partial charge on any atom is 0.240 e. The summed E-state index contributed by atoms with van der Waals surface area (Å²) in [5, 5.41) is 3.33. The van der Waals surface area contributed by atoms with Gasteiger partial charge in [-0.05, 0) is 55.7 Å². The fourth-order valence-electron chi connectivity index (χ4n) is 2.77. The van der Waals surface area contributed by atoms with Gasteiger partial charge in [0.05, 0.1) is 4.90 Å². The molecule has 118 valence electrons. The molecule has 5 heteroatoms. The van der Waals surface area contributed by atoms with Crippen LogP contribution >= 0.6 is 0 Å². The lowest BCUT2D eigenvalue weighted by Gasteiger charge is -2.23. The molecule has 21 heavy (non-hydrogen) atoms. The number of hydrogen-bond acceptors (Lipinski definition) is 3. The van der Waals surface area contributed by atoms with Gasteiger partial charge in [-0.3, -0.25) is 0 Å². The van der Waals surface area contributed by atoms with E-state index in [0.717, 1.165) is 49.0 Å². The van der Waals surface area contributed by atoms with Crippen molar-refractivity contribution in [3.05, 3.63) is 23.3 Å². The largest absolute Gasteiger partial charge is 0.385 e. The molecule has 0 radical (unpaired) electrons. The van der Waals surface area contributed by atoms with Crippen LogP contribution < -0.4 is 10.0 Å². The molecule has 2 N–H and O–H groups in total. The van der Waals surface area contributed by atoms with Crippen LogP contribution in [0.4, 0.5) is 5.69 Å². The number of anilines is 1. The highest BCUT2D eigenvalue weighted by Gasteiger charge is 2.23. The molecule has 0 amide bonds. The Balaban J connectivity index is 2.17. The summed E-state index contributed by atoms with van der Waals surface area (Å²) in [6.45, 7) is 7.74. The number of fused-ring (bicyclic) bond motifs is 1. The summed E-state index contributed by atoms with van der Waals surface area (Å²) in [4.78, 5) is 0.444. The third-order valence-corrected chi connectivity index (χ3v) is 5.47. The van der Waals surface area contributed by atoms with Crippen LogP contribution in [-0.2, 0) is 16.4 Å². The highest BCUT2D eigenvalue weighted by Crippen LogP contribution is 2.31. The molecule has 1 aliphatic rings. The Kier molecular flexibility index (Phi) is 5.27. The van der Waals surface area contributed by atoms with E-state index < -0.39 is 10.0 Å². The van der Waals surface area contributed by atoms with Crippen LogP contribution in [0.1, 0.15) is 44.2 Å². The molecule has 1 aliphatic heterocycles. The molecule has 0 unspecified atom stereocenters. The Labute approximate surface area is 128 Å². The summed E-state index contributed by atoms with van der Waals surface area (Å²) in [6.07, 6.45) is 3.72. The highest BCUT2D eigenvalue weighted by molar-refractivity contribution is 7.89. The third-order valence-electron chi connectivity index (χ3n) is 3.92. The van der Waals surface area contributed by atoms with Crippen molar-refractivity contribution in [2.75, 3.05) is 18.4 Å². The lowest BCUT2D eigenvalue weighted by Crippen LogP contribution is -2.27. The molecule has 1 aromatic carbocycles. The molecule has 2 rings (SSSR count). The van der Waals surface area contributed by atoms with E-state index in [1.54, 1.807) is 6.07 Å². The van der Waals surface area contributed by atoms with Gasteiger partial charge in [-0.1, -0.05) is 19.9 Å². The van der Waals surface area contributed by atoms with E-state index in [2.05, 4.69) is 23.9 Å². The molecule has 0 fully saturated rings. The number of aryl methyl sites for hydroxylation is 1. The van der Waals surface area contributed by atoms with Crippen LogP contribution in [0.2, 0.25) is 0 Å². The first-order chi connectivity index (χ1) is 9.92. The first-order valence-electron chi connectivity index (χ1n) is 7.78. The number of benzene rings is 1. The zero-order valence-electron chi connectivity index (χ0n) is 13.2. The van der Waals surface area contributed by atoms with Gasteiger partial charge in [-0.2, -0.15) is 0 Å². The fourth-order valence-corrected chi connectivity index (χ4v) is 4.11. The van der Waals surface area contributed by atoms with Crippen LogP contribution in [-0.4, -0.2) is 21.5 Å². The van der Waals surface area contributed by atoms with Crippen molar-refractivity contribution in [1.82, 2.24) is 4.72 Å². The summed E-state index contributed by atoms with van der Waals surface area (Å²) < 4.78 is 27.8. The second-order valence-electron chi connectivity index (χ2n) is 6.20. The monoisotopic (exact) mass is 310 g/mol. The van der Waals surface area contributed by atoms with Crippen molar-refractivity contribution in [2.24, 2.45) is 5.92 Å². The number of rotatable bonds is 6. The minimum Gasteiger partial charge on any atom is -0.385 e. The molecule has 1 heterocycles. The van der Waals surface area contributed by atoms with Gasteiger partial charge in [0, 0.05) is 18.8 Å². The van der Waals surface area contributed by atoms with Crippen molar-refractivity contribution < 1.29 is 8.42 Å². The number of sulfonamides is 1. The highest BCUT2D eigenvalue weighted by atomic mass is 32.2. The van der Waals surface area contributed by atoms with Gasteiger partial charge in [-0.25, -0.2) is 13.1 Å². The average Bonchev–Trinajstić information content (AvgIpc) is 2.44. The first-order valence-corrected chi connectivity index (χ1v) is 9.26. The van der Waals surface area contributed by atoms with E-state index in [4.69, 9.17) is 0 Å². The molecule has 0 saturated carbocycles. The second kappa shape index (κ2) is 6.79. The topological polar surface area (TPSA) is 58.2 Å². The molecule has 0 atom stereocenters. The quantitative estimate of drug-likeness (QED) is 0.794. The molecular weight excluding hydrogens is 284 g/mol. The van der Waals surface area contributed by atoms with Crippen molar-refractivity contribution in [3.63, 3.8) is 0 Å². The van der Waals surface area contributed by atoms with Crippen LogP contribution in [0, 0.1) is 12.8 Å². The summed E-state index contributed by atoms with van der Waals surface area (Å²) in [7, 11) is -3.41. The smallest absolute Gasteiger partial charge is 0.240 e. The maximum absolute atomic E-state index is 12.5. The van der Waals surface area contributed by atoms with Crippen molar-refractivity contribution in [2.45, 2.75) is 51.3 Å². The summed E-state index contributed by atoms with van der Waals surface area (Å²) in [6, 6.07) is 3.63. The van der Waals surface area contributed by atoms with E-state index in [0.29, 0.717) is 17.4 Å². The van der Waals surface area contributed by atoms with Crippen LogP contribution in [0.15, 0.2) is 17.0 Å². The Morgan fingerprint density at radius 1 is 1.33 bits per heavy atom. The molecule has 0 aromatic heterocycles. The minimum atomic E-state index is -3.41. The predicted octanol–water partition coefficient (Wildman–Crippen LogP) is 3.07. The zero-order valence-corrected chi connectivity index (χ0v) is 14.0. The zero-order chi connectivity index (χ0) is 15.5. The van der Waals surface area contributed by atoms with Crippen LogP contribution in [0.5, 0.6) is 0 Å². The molecular formula is C16H26N2O2S. The summed E-state index contributed by atoms with van der Waals surface area (Å²) in [5.41, 5.74) is 3.06. The van der Waals surface area contributed by atoms with Gasteiger partial charge in [0.2, 0.25) is 10.0 Å². The average molecular weight is 310 g/mol. The first kappa shape index (κ1) is 16.3. The van der Waals surface area contributed by atoms with Crippen molar-refractivity contribution in [1.29, 1.82) is 0 Å². The molecule has 0 saturated heterocycles. The van der Waals surface area contributed by atoms with E-state index in [1.807, 2.05) is 13.0 Å². The van der Waals surface area contributed by atoms with E-state index in [1.165, 1.54) is 0 Å². The van der Waals surface area contributed by atoms with Crippen LogP contribution in [0.25, 0.3) is 0 Å². The van der Waals surface area contributed by atoms with Crippen molar-refractivity contribution >= 4 is 15.7 Å². The Bertz CT molecular complexity index is 595. The third kappa shape index (κ3) is 3.98. The standard InChI is InChI=1S/C16H26N2O2S/c1-12(2)6-4-11-18-21(19,20)15-9-8-13(3)16-14(15)7-5-10-17-16/h8-9,12,17-18H,4-7,10-11H2,1-3H3. The summed E-state index contributed by atoms with van der Waals surface area (Å²) in [5.74, 6) is 0.603. The normalized spacial score (nSPS) is 14.9. The van der Waals surface area contributed by atoms with Gasteiger partial charge in [-0.15, -0.1) is 0 Å². The molecule has 0 aliphatic carbocycles. The number of nitrogens with one attached hydrogen (secondary N) is 2. The van der Waals surface area contributed by atoms with Gasteiger partial charge in [0.15, 0.2) is 0 Å². The van der Waals surface area contributed by atoms with E-state index in [9.17, 15) is 8.42 Å². The SMILES string of the molecule is Cc1ccc(S(=O)(=O)NCCCC(C)C)c2c1NCCC2. The van der Waals surface area contributed by atoms with Gasteiger partial charge < -0.3 is 5.32 Å². The second-order valence-corrected chi connectivity index (χ2v) is 7.93. The fraction of sp³-hybridized carbons (Fsp3) is 0.625. The van der Waals surface area contributed by atoms with Crippen LogP contribution in [0.3, 0.4) is 0 Å². The molecule has 0 bridgehead atoms. The Hall–Kier alpha value is -1.07. The van der Waals surface area contributed by atoms with Crippen molar-refractivity contribution in [3.8, 4) is 0 Å². The molecule has 0 spiro atoms. The van der Waals surface area contributed by atoms with Gasteiger partial charge in [0.1, 0.15) is 0 Å². The maximum atomic E-state index is 12.5. The lowest BCUT2D eigenvalue weighted by molar-refractivity contribution is 0.539. The lowest BCUT2D eigenvalue weighted by atomic mass is 10.00. The van der Waals surface area contributed by atoms with Gasteiger partial charge >= 0.3 is 0 Å². The van der Waals surface area contributed by atoms with E-state index >= 15 is 0 Å². The molecule has 1 aromatic rings. The van der Waals surface area contributed by atoms with E-state index in [-0.39, 0.29) is 0 Å². The Morgan fingerprint density at radius 3 is 2.81 bits per heavy atom. The van der Waals surface area contributed by atoms with Gasteiger partial charge in [0.25, 0.3) is 0 Å². The minimum absolute atomic E-state index is 0.444. The molecule has 4 nitrogen and oxygen atoms in total. The summed E-state index contributed by atoms with van der Waals surface area (Å²) >= 11 is 0. The predicted molar refractivity (Wildman–Crippen MR) is 87.3 cm³/mol. The Morgan fingerprint density at radius 2 is 2.10 bits per heavy atom.